The molecule has 4 rings (SSSR count). The average molecular weight is 453 g/mol. The monoisotopic (exact) mass is 452 g/mol. The van der Waals surface area contributed by atoms with Gasteiger partial charge in [0, 0.05) is 28.7 Å². The summed E-state index contributed by atoms with van der Waals surface area (Å²) in [7, 11) is 0. The Morgan fingerprint density at radius 2 is 1.61 bits per heavy atom. The number of carbonyl (C=O) groups excluding carboxylic acids is 1. The number of hydrogen-bond donors (Lipinski definition) is 1. The second-order valence-corrected chi connectivity index (χ2v) is 8.99. The number of rotatable bonds is 6. The molecule has 1 N–H and O–H groups in total. The first-order valence-corrected chi connectivity index (χ1v) is 11.4. The van der Waals surface area contributed by atoms with E-state index in [0.717, 1.165) is 43.1 Å². The molecule has 3 aromatic carbocycles. The maximum absolute atomic E-state index is 12.4. The number of piperidine rings is 1. The molecule has 1 heterocycles. The van der Waals surface area contributed by atoms with Crippen LogP contribution in [0.1, 0.15) is 45.8 Å². The van der Waals surface area contributed by atoms with Gasteiger partial charge in [-0.3, -0.25) is 9.69 Å². The van der Waals surface area contributed by atoms with Crippen LogP contribution in [0.2, 0.25) is 10.0 Å². The summed E-state index contributed by atoms with van der Waals surface area (Å²) in [4.78, 5) is 14.9. The van der Waals surface area contributed by atoms with Crippen LogP contribution in [0.15, 0.2) is 72.8 Å². The Kier molecular flexibility index (Phi) is 7.29. The molecule has 1 fully saturated rings. The molecule has 1 saturated heterocycles. The zero-order chi connectivity index (χ0) is 21.6. The van der Waals surface area contributed by atoms with Crippen LogP contribution in [-0.2, 0) is 13.1 Å². The fraction of sp³-hybridized carbons (Fsp3) is 0.269. The van der Waals surface area contributed by atoms with Crippen molar-refractivity contribution in [1.29, 1.82) is 0 Å². The van der Waals surface area contributed by atoms with E-state index in [9.17, 15) is 4.79 Å². The van der Waals surface area contributed by atoms with Gasteiger partial charge in [0.15, 0.2) is 0 Å². The van der Waals surface area contributed by atoms with Crippen LogP contribution in [0.3, 0.4) is 0 Å². The van der Waals surface area contributed by atoms with Gasteiger partial charge in [-0.1, -0.05) is 65.7 Å². The molecule has 1 aliphatic heterocycles. The van der Waals surface area contributed by atoms with Gasteiger partial charge < -0.3 is 5.32 Å². The Bertz CT molecular complexity index is 1030. The summed E-state index contributed by atoms with van der Waals surface area (Å²) < 4.78 is 0. The lowest BCUT2D eigenvalue weighted by Crippen LogP contribution is -2.32. The lowest BCUT2D eigenvalue weighted by Gasteiger charge is -2.32. The molecule has 0 unspecified atom stereocenters. The van der Waals surface area contributed by atoms with Crippen LogP contribution in [-0.4, -0.2) is 23.9 Å². The number of likely N-dealkylation sites (tertiary alicyclic amines) is 1. The third-order valence-corrected chi connectivity index (χ3v) is 6.36. The fourth-order valence-corrected chi connectivity index (χ4v) is 4.46. The van der Waals surface area contributed by atoms with Gasteiger partial charge in [-0.2, -0.15) is 0 Å². The number of hydrogen-bond acceptors (Lipinski definition) is 2. The Morgan fingerprint density at radius 1 is 0.871 bits per heavy atom. The van der Waals surface area contributed by atoms with Crippen LogP contribution < -0.4 is 5.32 Å². The molecule has 0 atom stereocenters. The predicted octanol–water partition coefficient (Wildman–Crippen LogP) is 6.30. The number of nitrogens with zero attached hydrogens (tertiary/aromatic N) is 1. The lowest BCUT2D eigenvalue weighted by molar-refractivity contribution is 0.0951. The first kappa shape index (κ1) is 21.9. The van der Waals surface area contributed by atoms with Crippen molar-refractivity contribution >= 4 is 29.1 Å². The molecule has 31 heavy (non-hydrogen) atoms. The third kappa shape index (κ3) is 6.10. The number of amides is 1. The van der Waals surface area contributed by atoms with E-state index in [4.69, 9.17) is 23.2 Å². The molecule has 3 aromatic rings. The van der Waals surface area contributed by atoms with Crippen molar-refractivity contribution in [2.24, 2.45) is 0 Å². The van der Waals surface area contributed by atoms with Gasteiger partial charge in [0.25, 0.3) is 5.91 Å². The minimum atomic E-state index is -0.108. The molecule has 160 valence electrons. The van der Waals surface area contributed by atoms with Crippen LogP contribution in [0.25, 0.3) is 0 Å². The average Bonchev–Trinajstić information content (AvgIpc) is 2.80. The van der Waals surface area contributed by atoms with E-state index in [1.165, 1.54) is 11.1 Å². The molecular formula is C26H26Cl2N2O. The zero-order valence-electron chi connectivity index (χ0n) is 17.4. The summed E-state index contributed by atoms with van der Waals surface area (Å²) in [5.41, 5.74) is 4.37. The summed E-state index contributed by atoms with van der Waals surface area (Å²) in [6, 6.07) is 23.7. The van der Waals surface area contributed by atoms with E-state index in [-0.39, 0.29) is 5.91 Å². The molecule has 0 saturated carbocycles. The Labute approximate surface area is 194 Å². The molecule has 3 nitrogen and oxygen atoms in total. The molecule has 1 aliphatic rings. The maximum atomic E-state index is 12.4. The molecule has 0 radical (unpaired) electrons. The Morgan fingerprint density at radius 3 is 2.35 bits per heavy atom. The summed E-state index contributed by atoms with van der Waals surface area (Å²) in [6.45, 7) is 3.65. The van der Waals surface area contributed by atoms with Gasteiger partial charge in [0.2, 0.25) is 0 Å². The SMILES string of the molecule is O=C(NCc1cccc(C2CCN(Cc3ccc(Cl)cc3)CC2)c1)c1cccc(Cl)c1. The summed E-state index contributed by atoms with van der Waals surface area (Å²) in [6.07, 6.45) is 2.29. The minimum absolute atomic E-state index is 0.108. The topological polar surface area (TPSA) is 32.3 Å². The van der Waals surface area contributed by atoms with Gasteiger partial charge >= 0.3 is 0 Å². The molecule has 1 amide bonds. The molecule has 5 heteroatoms. The normalized spacial score (nSPS) is 15.0. The van der Waals surface area contributed by atoms with Crippen molar-refractivity contribution in [3.05, 3.63) is 105 Å². The number of nitrogens with one attached hydrogen (secondary N) is 1. The second kappa shape index (κ2) is 10.3. The fourth-order valence-electron chi connectivity index (χ4n) is 4.14. The number of carbonyl (C=O) groups is 1. The third-order valence-electron chi connectivity index (χ3n) is 5.87. The van der Waals surface area contributed by atoms with Gasteiger partial charge in [0.05, 0.1) is 0 Å². The highest BCUT2D eigenvalue weighted by Crippen LogP contribution is 2.29. The molecular weight excluding hydrogens is 427 g/mol. The summed E-state index contributed by atoms with van der Waals surface area (Å²) >= 11 is 12.0. The quantitative estimate of drug-likeness (QED) is 0.475. The van der Waals surface area contributed by atoms with Gasteiger partial charge in [-0.15, -0.1) is 0 Å². The standard InChI is InChI=1S/C26H26Cl2N2O/c27-24-9-7-19(8-10-24)18-30-13-11-21(12-14-30)22-4-1-3-20(15-22)17-29-26(31)23-5-2-6-25(28)16-23/h1-10,15-16,21H,11-14,17-18H2,(H,29,31). The van der Waals surface area contributed by atoms with Crippen LogP contribution in [0, 0.1) is 0 Å². The van der Waals surface area contributed by atoms with Gasteiger partial charge in [0.1, 0.15) is 0 Å². The van der Waals surface area contributed by atoms with E-state index in [1.54, 1.807) is 24.3 Å². The van der Waals surface area contributed by atoms with E-state index in [2.05, 4.69) is 46.6 Å². The van der Waals surface area contributed by atoms with Crippen molar-refractivity contribution in [1.82, 2.24) is 10.2 Å². The highest BCUT2D eigenvalue weighted by Gasteiger charge is 2.21. The first-order chi connectivity index (χ1) is 15.1. The molecule has 0 spiro atoms. The Balaban J connectivity index is 1.30. The van der Waals surface area contributed by atoms with E-state index < -0.39 is 0 Å². The van der Waals surface area contributed by atoms with Gasteiger partial charge in [-0.25, -0.2) is 0 Å². The van der Waals surface area contributed by atoms with Crippen molar-refractivity contribution in [2.45, 2.75) is 31.8 Å². The van der Waals surface area contributed by atoms with Crippen molar-refractivity contribution in [3.8, 4) is 0 Å². The smallest absolute Gasteiger partial charge is 0.251 e. The molecule has 0 aromatic heterocycles. The van der Waals surface area contributed by atoms with Crippen LogP contribution in [0.4, 0.5) is 0 Å². The summed E-state index contributed by atoms with van der Waals surface area (Å²) in [5, 5.41) is 4.35. The largest absolute Gasteiger partial charge is 0.348 e. The lowest BCUT2D eigenvalue weighted by atomic mass is 9.88. The molecule has 0 bridgehead atoms. The van der Waals surface area contributed by atoms with Crippen molar-refractivity contribution < 1.29 is 4.79 Å². The summed E-state index contributed by atoms with van der Waals surface area (Å²) in [5.74, 6) is 0.452. The van der Waals surface area contributed by atoms with E-state index in [1.807, 2.05) is 12.1 Å². The number of halogens is 2. The van der Waals surface area contributed by atoms with E-state index in [0.29, 0.717) is 23.0 Å². The Hall–Kier alpha value is -2.33. The first-order valence-electron chi connectivity index (χ1n) is 10.7. The van der Waals surface area contributed by atoms with Crippen LogP contribution in [0.5, 0.6) is 0 Å². The number of benzene rings is 3. The zero-order valence-corrected chi connectivity index (χ0v) is 18.9. The van der Waals surface area contributed by atoms with Crippen LogP contribution >= 0.6 is 23.2 Å². The highest BCUT2D eigenvalue weighted by atomic mass is 35.5. The maximum Gasteiger partial charge on any atom is 0.251 e. The van der Waals surface area contributed by atoms with Crippen molar-refractivity contribution in [3.63, 3.8) is 0 Å². The second-order valence-electron chi connectivity index (χ2n) is 8.11. The van der Waals surface area contributed by atoms with Gasteiger partial charge in [-0.05, 0) is 78.9 Å². The highest BCUT2D eigenvalue weighted by molar-refractivity contribution is 6.31. The van der Waals surface area contributed by atoms with E-state index >= 15 is 0 Å². The predicted molar refractivity (Wildman–Crippen MR) is 128 cm³/mol. The minimum Gasteiger partial charge on any atom is -0.348 e. The molecule has 0 aliphatic carbocycles. The van der Waals surface area contributed by atoms with Crippen molar-refractivity contribution in [2.75, 3.05) is 13.1 Å².